The second kappa shape index (κ2) is 4.73. The van der Waals surface area contributed by atoms with E-state index in [0.717, 1.165) is 25.7 Å². The van der Waals surface area contributed by atoms with Crippen LogP contribution in [0.1, 0.15) is 59.8 Å². The topological polar surface area (TPSA) is 17.1 Å². The molecule has 0 aliphatic heterocycles. The van der Waals surface area contributed by atoms with Gasteiger partial charge in [-0.1, -0.05) is 40.2 Å². The number of carbonyl (C=O) groups excluding carboxylic acids is 1. The second-order valence-corrected chi connectivity index (χ2v) is 6.23. The van der Waals surface area contributed by atoms with Gasteiger partial charge in [-0.2, -0.15) is 0 Å². The Bertz CT molecular complexity index is 259. The molecule has 1 aliphatic carbocycles. The van der Waals surface area contributed by atoms with Gasteiger partial charge < -0.3 is 0 Å². The Morgan fingerprint density at radius 3 is 2.12 bits per heavy atom. The van der Waals surface area contributed by atoms with Gasteiger partial charge in [-0.3, -0.25) is 4.79 Å². The van der Waals surface area contributed by atoms with Gasteiger partial charge >= 0.3 is 0 Å². The summed E-state index contributed by atoms with van der Waals surface area (Å²) in [7, 11) is 0. The van der Waals surface area contributed by atoms with E-state index in [1.807, 2.05) is 6.08 Å². The van der Waals surface area contributed by atoms with Crippen LogP contribution in [-0.2, 0) is 4.79 Å². The molecule has 1 heteroatoms. The van der Waals surface area contributed by atoms with E-state index >= 15 is 0 Å². The maximum atomic E-state index is 12.0. The second-order valence-electron chi connectivity index (χ2n) is 6.23. The summed E-state index contributed by atoms with van der Waals surface area (Å²) in [4.78, 5) is 12.0. The van der Waals surface area contributed by atoms with Crippen molar-refractivity contribution in [1.82, 2.24) is 0 Å². The third-order valence-electron chi connectivity index (χ3n) is 4.67. The molecule has 0 bridgehead atoms. The number of carbonyl (C=O) groups is 1. The zero-order valence-electron chi connectivity index (χ0n) is 11.3. The lowest BCUT2D eigenvalue weighted by Gasteiger charge is -2.03. The van der Waals surface area contributed by atoms with Gasteiger partial charge in [-0.05, 0) is 30.1 Å². The van der Waals surface area contributed by atoms with Crippen LogP contribution < -0.4 is 0 Å². The zero-order valence-corrected chi connectivity index (χ0v) is 11.3. The molecule has 1 fully saturated rings. The van der Waals surface area contributed by atoms with Crippen molar-refractivity contribution in [1.29, 1.82) is 0 Å². The Morgan fingerprint density at radius 1 is 1.12 bits per heavy atom. The number of hydrogen-bond donors (Lipinski definition) is 0. The molecule has 92 valence electrons. The fraction of sp³-hybridized carbons (Fsp3) is 0.800. The molecular formula is C15H26O. The molecule has 0 amide bonds. The molecule has 0 unspecified atom stereocenters. The summed E-state index contributed by atoms with van der Waals surface area (Å²) < 4.78 is 0. The Balaban J connectivity index is 2.25. The maximum absolute atomic E-state index is 12.0. The molecule has 0 aromatic rings. The molecule has 0 aromatic heterocycles. The van der Waals surface area contributed by atoms with Crippen LogP contribution in [0.3, 0.4) is 0 Å². The molecule has 1 saturated carbocycles. The highest BCUT2D eigenvalue weighted by atomic mass is 16.1. The van der Waals surface area contributed by atoms with Crippen LogP contribution in [-0.4, -0.2) is 5.78 Å². The van der Waals surface area contributed by atoms with Crippen LogP contribution in [0.25, 0.3) is 0 Å². The first-order valence-corrected chi connectivity index (χ1v) is 6.49. The molecule has 1 nitrogen and oxygen atoms in total. The summed E-state index contributed by atoms with van der Waals surface area (Å²) in [6.45, 7) is 12.6. The molecule has 1 aliphatic rings. The first kappa shape index (κ1) is 13.5. The first-order valence-electron chi connectivity index (χ1n) is 6.49. The Morgan fingerprint density at radius 2 is 1.69 bits per heavy atom. The van der Waals surface area contributed by atoms with E-state index in [1.165, 1.54) is 6.42 Å². The minimum atomic E-state index is 0.213. The summed E-state index contributed by atoms with van der Waals surface area (Å²) in [5.74, 6) is 0.771. The summed E-state index contributed by atoms with van der Waals surface area (Å²) in [6.07, 6.45) is 7.19. The number of allylic oxidation sites excluding steroid dienone is 1. The molecule has 0 saturated heterocycles. The molecule has 0 N–H and O–H groups in total. The van der Waals surface area contributed by atoms with E-state index in [9.17, 15) is 4.79 Å². The van der Waals surface area contributed by atoms with Gasteiger partial charge in [0.15, 0.2) is 0 Å². The predicted octanol–water partition coefficient (Wildman–Crippen LogP) is 4.37. The van der Waals surface area contributed by atoms with Crippen LogP contribution >= 0.6 is 0 Å². The van der Waals surface area contributed by atoms with Gasteiger partial charge in [0, 0.05) is 12.3 Å². The standard InChI is InChI=1S/C15H26O/c1-6-7-8-9-10-11-12(16)13-14(2,3)15(13,4)5/h6,13H,1,7-11H2,2-5H3. The summed E-state index contributed by atoms with van der Waals surface area (Å²) in [5.41, 5.74) is 0.427. The summed E-state index contributed by atoms with van der Waals surface area (Å²) in [5, 5.41) is 0. The highest BCUT2D eigenvalue weighted by Gasteiger charge is 2.67. The van der Waals surface area contributed by atoms with Gasteiger partial charge in [-0.15, -0.1) is 6.58 Å². The molecule has 0 radical (unpaired) electrons. The molecule has 16 heavy (non-hydrogen) atoms. The summed E-state index contributed by atoms with van der Waals surface area (Å²) in [6, 6.07) is 0. The average molecular weight is 222 g/mol. The van der Waals surface area contributed by atoms with Gasteiger partial charge in [0.2, 0.25) is 0 Å². The maximum Gasteiger partial charge on any atom is 0.137 e. The van der Waals surface area contributed by atoms with Crippen molar-refractivity contribution in [3.05, 3.63) is 12.7 Å². The Hall–Kier alpha value is -0.590. The van der Waals surface area contributed by atoms with Crippen molar-refractivity contribution in [2.24, 2.45) is 16.7 Å². The minimum absolute atomic E-state index is 0.213. The van der Waals surface area contributed by atoms with E-state index in [0.29, 0.717) is 11.7 Å². The van der Waals surface area contributed by atoms with E-state index in [2.05, 4.69) is 34.3 Å². The number of ketones is 1. The average Bonchev–Trinajstić information content (AvgIpc) is 2.57. The predicted molar refractivity (Wildman–Crippen MR) is 69.3 cm³/mol. The van der Waals surface area contributed by atoms with E-state index < -0.39 is 0 Å². The van der Waals surface area contributed by atoms with Gasteiger partial charge in [-0.25, -0.2) is 0 Å². The number of Topliss-reactive ketones (excluding diaryl/α,β-unsaturated/α-hetero) is 1. The van der Waals surface area contributed by atoms with Gasteiger partial charge in [0.05, 0.1) is 0 Å². The molecule has 0 heterocycles. The Labute approximate surface area is 100 Å². The highest BCUT2D eigenvalue weighted by molar-refractivity contribution is 5.86. The van der Waals surface area contributed by atoms with E-state index in [4.69, 9.17) is 0 Å². The van der Waals surface area contributed by atoms with Gasteiger partial charge in [0.1, 0.15) is 5.78 Å². The highest BCUT2D eigenvalue weighted by Crippen LogP contribution is 2.68. The normalized spacial score (nSPS) is 21.8. The zero-order chi connectivity index (χ0) is 12.4. The van der Waals surface area contributed by atoms with Crippen LogP contribution in [0.5, 0.6) is 0 Å². The monoisotopic (exact) mass is 222 g/mol. The fourth-order valence-electron chi connectivity index (χ4n) is 2.91. The van der Waals surface area contributed by atoms with Crippen molar-refractivity contribution in [3.8, 4) is 0 Å². The molecule has 0 aromatic carbocycles. The number of hydrogen-bond acceptors (Lipinski definition) is 1. The fourth-order valence-corrected chi connectivity index (χ4v) is 2.91. The lowest BCUT2D eigenvalue weighted by Crippen LogP contribution is -2.06. The smallest absolute Gasteiger partial charge is 0.137 e. The Kier molecular flexibility index (Phi) is 3.98. The largest absolute Gasteiger partial charge is 0.299 e. The van der Waals surface area contributed by atoms with Crippen molar-refractivity contribution in [3.63, 3.8) is 0 Å². The summed E-state index contributed by atoms with van der Waals surface area (Å²) >= 11 is 0. The minimum Gasteiger partial charge on any atom is -0.299 e. The number of unbranched alkanes of at least 4 members (excludes halogenated alkanes) is 3. The molecule has 0 spiro atoms. The lowest BCUT2D eigenvalue weighted by atomic mass is 10.0. The van der Waals surface area contributed by atoms with E-state index in [1.54, 1.807) is 0 Å². The van der Waals surface area contributed by atoms with Crippen LogP contribution in [0.15, 0.2) is 12.7 Å². The third kappa shape index (κ3) is 2.39. The lowest BCUT2D eigenvalue weighted by molar-refractivity contribution is -0.121. The quantitative estimate of drug-likeness (QED) is 0.461. The van der Waals surface area contributed by atoms with Gasteiger partial charge in [0.25, 0.3) is 0 Å². The molecular weight excluding hydrogens is 196 g/mol. The van der Waals surface area contributed by atoms with Crippen LogP contribution in [0, 0.1) is 16.7 Å². The number of rotatable bonds is 7. The first-order chi connectivity index (χ1) is 7.35. The van der Waals surface area contributed by atoms with Crippen LogP contribution in [0.4, 0.5) is 0 Å². The SMILES string of the molecule is C=CCCCCCC(=O)C1C(C)(C)C1(C)C. The molecule has 1 rings (SSSR count). The van der Waals surface area contributed by atoms with Crippen molar-refractivity contribution >= 4 is 5.78 Å². The van der Waals surface area contributed by atoms with Crippen LogP contribution in [0.2, 0.25) is 0 Å². The van der Waals surface area contributed by atoms with Crippen molar-refractivity contribution in [2.45, 2.75) is 59.8 Å². The molecule has 0 atom stereocenters. The third-order valence-corrected chi connectivity index (χ3v) is 4.67. The van der Waals surface area contributed by atoms with Crippen molar-refractivity contribution in [2.75, 3.05) is 0 Å². The van der Waals surface area contributed by atoms with Crippen molar-refractivity contribution < 1.29 is 4.79 Å². The van der Waals surface area contributed by atoms with E-state index in [-0.39, 0.29) is 10.8 Å².